The Bertz CT molecular complexity index is 461. The van der Waals surface area contributed by atoms with Crippen molar-refractivity contribution in [1.29, 1.82) is 0 Å². The van der Waals surface area contributed by atoms with Gasteiger partial charge in [0, 0.05) is 6.04 Å². The normalized spacial score (nSPS) is 30.6. The molecule has 0 spiro atoms. The van der Waals surface area contributed by atoms with Crippen LogP contribution in [0.3, 0.4) is 0 Å². The van der Waals surface area contributed by atoms with Gasteiger partial charge >= 0.3 is 6.09 Å². The van der Waals surface area contributed by atoms with Crippen LogP contribution in [0.25, 0.3) is 0 Å². The van der Waals surface area contributed by atoms with E-state index in [-0.39, 0.29) is 24.4 Å². The zero-order valence-electron chi connectivity index (χ0n) is 12.9. The van der Waals surface area contributed by atoms with Crippen molar-refractivity contribution in [2.75, 3.05) is 6.54 Å². The van der Waals surface area contributed by atoms with E-state index >= 15 is 0 Å². The molecule has 0 heterocycles. The lowest BCUT2D eigenvalue weighted by atomic mass is 9.84. The Morgan fingerprint density at radius 2 is 1.95 bits per heavy atom. The Kier molecular flexibility index (Phi) is 4.46. The summed E-state index contributed by atoms with van der Waals surface area (Å²) in [6, 6.07) is -0.142. The van der Waals surface area contributed by atoms with E-state index in [0.717, 1.165) is 19.3 Å². The van der Waals surface area contributed by atoms with E-state index in [2.05, 4.69) is 16.6 Å². The van der Waals surface area contributed by atoms with Gasteiger partial charge in [0.2, 0.25) is 5.91 Å². The fourth-order valence-corrected chi connectivity index (χ4v) is 3.58. The van der Waals surface area contributed by atoms with Crippen LogP contribution in [0.15, 0.2) is 0 Å². The first kappa shape index (κ1) is 15.7. The van der Waals surface area contributed by atoms with Gasteiger partial charge in [0.15, 0.2) is 0 Å². The number of terminal acetylenes is 1. The first-order valence-corrected chi connectivity index (χ1v) is 7.52. The summed E-state index contributed by atoms with van der Waals surface area (Å²) in [4.78, 5) is 24.2. The molecular formula is C16H24N2O3. The second-order valence-corrected chi connectivity index (χ2v) is 6.95. The third-order valence-electron chi connectivity index (χ3n) is 4.27. The number of hydrogen-bond donors (Lipinski definition) is 2. The highest BCUT2D eigenvalue weighted by Crippen LogP contribution is 2.48. The van der Waals surface area contributed by atoms with Crippen molar-refractivity contribution in [3.8, 4) is 12.3 Å². The lowest BCUT2D eigenvalue weighted by molar-refractivity contribution is -0.127. The van der Waals surface area contributed by atoms with Crippen LogP contribution in [-0.4, -0.2) is 30.2 Å². The SMILES string of the molecule is C#CCNC(=O)C1C(NC(=O)OC(C)(C)C)[C@H]2CC[C@@H]1C2. The largest absolute Gasteiger partial charge is 0.444 e. The van der Waals surface area contributed by atoms with Crippen LogP contribution < -0.4 is 10.6 Å². The molecule has 5 heteroatoms. The van der Waals surface area contributed by atoms with Gasteiger partial charge in [-0.1, -0.05) is 5.92 Å². The molecule has 2 rings (SSSR count). The Morgan fingerprint density at radius 3 is 2.57 bits per heavy atom. The number of alkyl carbamates (subject to hydrolysis) is 1. The van der Waals surface area contributed by atoms with Crippen LogP contribution in [-0.2, 0) is 9.53 Å². The number of nitrogens with one attached hydrogen (secondary N) is 2. The molecule has 5 nitrogen and oxygen atoms in total. The Morgan fingerprint density at radius 1 is 1.29 bits per heavy atom. The van der Waals surface area contributed by atoms with Crippen molar-refractivity contribution in [2.45, 2.75) is 51.7 Å². The summed E-state index contributed by atoms with van der Waals surface area (Å²) < 4.78 is 5.30. The third-order valence-corrected chi connectivity index (χ3v) is 4.27. The molecule has 2 aliphatic carbocycles. The molecule has 0 radical (unpaired) electrons. The second kappa shape index (κ2) is 5.97. The van der Waals surface area contributed by atoms with E-state index in [1.54, 1.807) is 0 Å². The van der Waals surface area contributed by atoms with Gasteiger partial charge in [-0.25, -0.2) is 4.79 Å². The van der Waals surface area contributed by atoms with Gasteiger partial charge < -0.3 is 15.4 Å². The maximum atomic E-state index is 12.3. The molecular weight excluding hydrogens is 268 g/mol. The quantitative estimate of drug-likeness (QED) is 0.778. The highest BCUT2D eigenvalue weighted by molar-refractivity contribution is 5.81. The molecule has 0 aliphatic heterocycles. The first-order chi connectivity index (χ1) is 9.81. The average molecular weight is 292 g/mol. The molecule has 2 unspecified atom stereocenters. The Balaban J connectivity index is 2.01. The standard InChI is InChI=1S/C16H24N2O3/c1-5-8-17-14(19)12-10-6-7-11(9-10)13(12)18-15(20)21-16(2,3)4/h1,10-13H,6-9H2,2-4H3,(H,17,19)(H,18,20)/t10-,11+,12?,13?/m1/s1. The minimum absolute atomic E-state index is 0.0544. The molecule has 2 aliphatic rings. The van der Waals surface area contributed by atoms with E-state index in [1.165, 1.54) is 0 Å². The number of rotatable bonds is 3. The van der Waals surface area contributed by atoms with Crippen LogP contribution in [0.4, 0.5) is 4.79 Å². The van der Waals surface area contributed by atoms with Crippen molar-refractivity contribution in [1.82, 2.24) is 10.6 Å². The summed E-state index contributed by atoms with van der Waals surface area (Å²) in [7, 11) is 0. The summed E-state index contributed by atoms with van der Waals surface area (Å²) in [5.74, 6) is 2.87. The maximum absolute atomic E-state index is 12.3. The van der Waals surface area contributed by atoms with Crippen LogP contribution in [0.2, 0.25) is 0 Å². The minimum atomic E-state index is -0.539. The van der Waals surface area contributed by atoms with Gasteiger partial charge in [-0.2, -0.15) is 0 Å². The maximum Gasteiger partial charge on any atom is 0.407 e. The summed E-state index contributed by atoms with van der Waals surface area (Å²) in [6.07, 6.45) is 7.83. The number of ether oxygens (including phenoxy) is 1. The van der Waals surface area contributed by atoms with Gasteiger partial charge in [-0.05, 0) is 51.9 Å². The lowest BCUT2D eigenvalue weighted by Gasteiger charge is -2.31. The second-order valence-electron chi connectivity index (χ2n) is 6.95. The number of fused-ring (bicyclic) bond motifs is 2. The van der Waals surface area contributed by atoms with E-state index in [9.17, 15) is 9.59 Å². The number of amides is 2. The molecule has 4 atom stereocenters. The molecule has 2 amide bonds. The Hall–Kier alpha value is -1.70. The van der Waals surface area contributed by atoms with E-state index < -0.39 is 11.7 Å². The smallest absolute Gasteiger partial charge is 0.407 e. The summed E-state index contributed by atoms with van der Waals surface area (Å²) in [5.41, 5.74) is -0.539. The monoisotopic (exact) mass is 292 g/mol. The molecule has 0 aromatic rings. The number of carbonyl (C=O) groups is 2. The molecule has 0 aromatic carbocycles. The van der Waals surface area contributed by atoms with E-state index in [0.29, 0.717) is 11.8 Å². The zero-order chi connectivity index (χ0) is 15.6. The lowest BCUT2D eigenvalue weighted by Crippen LogP contribution is -2.50. The van der Waals surface area contributed by atoms with Crippen molar-refractivity contribution in [2.24, 2.45) is 17.8 Å². The molecule has 2 saturated carbocycles. The van der Waals surface area contributed by atoms with Gasteiger partial charge in [0.25, 0.3) is 0 Å². The van der Waals surface area contributed by atoms with Crippen molar-refractivity contribution in [3.05, 3.63) is 0 Å². The molecule has 21 heavy (non-hydrogen) atoms. The summed E-state index contributed by atoms with van der Waals surface area (Å²) in [6.45, 7) is 5.70. The zero-order valence-corrected chi connectivity index (χ0v) is 12.9. The topological polar surface area (TPSA) is 67.4 Å². The van der Waals surface area contributed by atoms with Crippen molar-refractivity contribution in [3.63, 3.8) is 0 Å². The Labute approximate surface area is 126 Å². The van der Waals surface area contributed by atoms with Gasteiger partial charge in [-0.15, -0.1) is 6.42 Å². The van der Waals surface area contributed by atoms with E-state index in [4.69, 9.17) is 11.2 Å². The highest BCUT2D eigenvalue weighted by Gasteiger charge is 2.51. The van der Waals surface area contributed by atoms with Gasteiger partial charge in [0.1, 0.15) is 5.60 Å². The minimum Gasteiger partial charge on any atom is -0.444 e. The number of carbonyl (C=O) groups excluding carboxylic acids is 2. The molecule has 116 valence electrons. The first-order valence-electron chi connectivity index (χ1n) is 7.52. The van der Waals surface area contributed by atoms with Crippen LogP contribution in [0.1, 0.15) is 40.0 Å². The fourth-order valence-electron chi connectivity index (χ4n) is 3.58. The predicted molar refractivity (Wildman–Crippen MR) is 79.3 cm³/mol. The van der Waals surface area contributed by atoms with Crippen LogP contribution in [0.5, 0.6) is 0 Å². The molecule has 2 fully saturated rings. The van der Waals surface area contributed by atoms with Crippen molar-refractivity contribution < 1.29 is 14.3 Å². The molecule has 2 N–H and O–H groups in total. The average Bonchev–Trinajstić information content (AvgIpc) is 2.94. The van der Waals surface area contributed by atoms with E-state index in [1.807, 2.05) is 20.8 Å². The number of hydrogen-bond acceptors (Lipinski definition) is 3. The van der Waals surface area contributed by atoms with Crippen LogP contribution >= 0.6 is 0 Å². The summed E-state index contributed by atoms with van der Waals surface area (Å²) in [5, 5.41) is 5.64. The van der Waals surface area contributed by atoms with Crippen molar-refractivity contribution >= 4 is 12.0 Å². The molecule has 0 saturated heterocycles. The van der Waals surface area contributed by atoms with Gasteiger partial charge in [-0.3, -0.25) is 4.79 Å². The predicted octanol–water partition coefficient (Wildman–Crippen LogP) is 1.68. The highest BCUT2D eigenvalue weighted by atomic mass is 16.6. The molecule has 2 bridgehead atoms. The molecule has 0 aromatic heterocycles. The summed E-state index contributed by atoms with van der Waals surface area (Å²) >= 11 is 0. The van der Waals surface area contributed by atoms with Crippen LogP contribution in [0, 0.1) is 30.1 Å². The van der Waals surface area contributed by atoms with Gasteiger partial charge in [0.05, 0.1) is 12.5 Å². The fraction of sp³-hybridized carbons (Fsp3) is 0.750. The third kappa shape index (κ3) is 3.69.